The van der Waals surface area contributed by atoms with Gasteiger partial charge in [-0.3, -0.25) is 0 Å². The first-order valence-corrected chi connectivity index (χ1v) is 10.4. The number of hydrogen-bond acceptors (Lipinski definition) is 0. The number of rotatable bonds is 2. The van der Waals surface area contributed by atoms with Gasteiger partial charge >= 0.3 is 0 Å². The highest BCUT2D eigenvalue weighted by Gasteiger charge is 2.13. The second-order valence-corrected chi connectivity index (χ2v) is 7.98. The fourth-order valence-electron chi connectivity index (χ4n) is 4.48. The van der Waals surface area contributed by atoms with Gasteiger partial charge in [-0.05, 0) is 59.2 Å². The summed E-state index contributed by atoms with van der Waals surface area (Å²) in [6, 6.07) is 39.6. The van der Waals surface area contributed by atoms with Gasteiger partial charge in [-0.2, -0.15) is 0 Å². The molecular weight excluding hydrogens is 362 g/mol. The molecule has 30 heavy (non-hydrogen) atoms. The van der Waals surface area contributed by atoms with E-state index in [4.69, 9.17) is 0 Å². The first-order valence-electron chi connectivity index (χ1n) is 10.4. The van der Waals surface area contributed by atoms with Crippen molar-refractivity contribution in [3.05, 3.63) is 115 Å². The van der Waals surface area contributed by atoms with E-state index in [2.05, 4.69) is 121 Å². The third kappa shape index (κ3) is 2.63. The van der Waals surface area contributed by atoms with E-state index in [1.165, 1.54) is 55.0 Å². The molecule has 0 radical (unpaired) electrons. The van der Waals surface area contributed by atoms with Gasteiger partial charge in [0.05, 0.1) is 11.0 Å². The molecule has 142 valence electrons. The lowest BCUT2D eigenvalue weighted by atomic mass is 10.0. The largest absolute Gasteiger partial charge is 0.309 e. The average Bonchev–Trinajstić information content (AvgIpc) is 3.11. The molecule has 5 aromatic carbocycles. The molecule has 0 amide bonds. The van der Waals surface area contributed by atoms with Gasteiger partial charge < -0.3 is 4.57 Å². The Bertz CT molecular complexity index is 1520. The Labute approximate surface area is 175 Å². The monoisotopic (exact) mass is 383 g/mol. The minimum Gasteiger partial charge on any atom is -0.309 e. The maximum Gasteiger partial charge on any atom is 0.0547 e. The van der Waals surface area contributed by atoms with Crippen LogP contribution in [-0.2, 0) is 0 Å². The Morgan fingerprint density at radius 3 is 1.83 bits per heavy atom. The second kappa shape index (κ2) is 6.60. The van der Waals surface area contributed by atoms with Crippen molar-refractivity contribution in [1.82, 2.24) is 4.57 Å². The summed E-state index contributed by atoms with van der Waals surface area (Å²) < 4.78 is 2.38. The summed E-state index contributed by atoms with van der Waals surface area (Å²) in [6.45, 7) is 2.12. The lowest BCUT2D eigenvalue weighted by Crippen LogP contribution is -1.93. The van der Waals surface area contributed by atoms with Crippen molar-refractivity contribution >= 4 is 32.6 Å². The van der Waals surface area contributed by atoms with Crippen molar-refractivity contribution in [2.75, 3.05) is 0 Å². The summed E-state index contributed by atoms with van der Waals surface area (Å²) in [4.78, 5) is 0. The van der Waals surface area contributed by atoms with Crippen LogP contribution in [0.5, 0.6) is 0 Å². The lowest BCUT2D eigenvalue weighted by molar-refractivity contribution is 1.18. The maximum absolute atomic E-state index is 2.38. The summed E-state index contributed by atoms with van der Waals surface area (Å²) in [5, 5.41) is 5.14. The smallest absolute Gasteiger partial charge is 0.0547 e. The van der Waals surface area contributed by atoms with Crippen molar-refractivity contribution in [1.29, 1.82) is 0 Å². The van der Waals surface area contributed by atoms with E-state index in [1.54, 1.807) is 0 Å². The Morgan fingerprint density at radius 2 is 1.10 bits per heavy atom. The number of hydrogen-bond donors (Lipinski definition) is 0. The van der Waals surface area contributed by atoms with E-state index in [1.807, 2.05) is 0 Å². The van der Waals surface area contributed by atoms with Gasteiger partial charge in [-0.25, -0.2) is 0 Å². The van der Waals surface area contributed by atoms with Crippen LogP contribution in [0.3, 0.4) is 0 Å². The molecule has 6 aromatic rings. The normalized spacial score (nSPS) is 11.5. The highest BCUT2D eigenvalue weighted by molar-refractivity contribution is 6.13. The number of nitrogens with zero attached hydrogens (tertiary/aromatic N) is 1. The van der Waals surface area contributed by atoms with Crippen LogP contribution < -0.4 is 0 Å². The Kier molecular flexibility index (Phi) is 3.75. The molecule has 0 aliphatic carbocycles. The van der Waals surface area contributed by atoms with Crippen LogP contribution in [0.4, 0.5) is 0 Å². The fraction of sp³-hybridized carbons (Fsp3) is 0.0345. The molecule has 0 aliphatic rings. The average molecular weight is 383 g/mol. The number of aryl methyl sites for hydroxylation is 1. The topological polar surface area (TPSA) is 4.93 Å². The quantitative estimate of drug-likeness (QED) is 0.286. The van der Waals surface area contributed by atoms with E-state index < -0.39 is 0 Å². The van der Waals surface area contributed by atoms with Gasteiger partial charge in [-0.1, -0.05) is 84.4 Å². The van der Waals surface area contributed by atoms with Gasteiger partial charge in [0.25, 0.3) is 0 Å². The summed E-state index contributed by atoms with van der Waals surface area (Å²) in [5.74, 6) is 0. The van der Waals surface area contributed by atoms with Crippen molar-refractivity contribution in [2.24, 2.45) is 0 Å². The van der Waals surface area contributed by atoms with E-state index in [-0.39, 0.29) is 0 Å². The van der Waals surface area contributed by atoms with Gasteiger partial charge in [0.1, 0.15) is 0 Å². The first-order chi connectivity index (χ1) is 14.8. The molecule has 1 heteroatoms. The van der Waals surface area contributed by atoms with E-state index in [0.717, 1.165) is 0 Å². The summed E-state index contributed by atoms with van der Waals surface area (Å²) in [7, 11) is 0. The van der Waals surface area contributed by atoms with Crippen molar-refractivity contribution in [3.8, 4) is 16.8 Å². The third-order valence-corrected chi connectivity index (χ3v) is 6.05. The summed E-state index contributed by atoms with van der Waals surface area (Å²) in [5.41, 5.74) is 7.45. The predicted molar refractivity (Wildman–Crippen MR) is 128 cm³/mol. The second-order valence-electron chi connectivity index (χ2n) is 7.98. The fourth-order valence-corrected chi connectivity index (χ4v) is 4.48. The molecule has 6 rings (SSSR count). The standard InChI is InChI=1S/C29H21N/c1-20-10-12-21(13-11-20)22-14-16-25(17-15-22)30-28-9-5-4-8-26(28)27-18-23-6-2-3-7-24(23)19-29(27)30/h2-19H,1H3. The highest BCUT2D eigenvalue weighted by atomic mass is 15.0. The molecule has 0 spiro atoms. The molecule has 0 bridgehead atoms. The van der Waals surface area contributed by atoms with Crippen LogP contribution in [0.2, 0.25) is 0 Å². The van der Waals surface area contributed by atoms with Crippen LogP contribution in [0.25, 0.3) is 49.4 Å². The van der Waals surface area contributed by atoms with Crippen molar-refractivity contribution < 1.29 is 0 Å². The number of aromatic nitrogens is 1. The van der Waals surface area contributed by atoms with Gasteiger partial charge in [0.15, 0.2) is 0 Å². The number of para-hydroxylation sites is 1. The molecule has 1 nitrogen and oxygen atoms in total. The van der Waals surface area contributed by atoms with E-state index in [0.29, 0.717) is 0 Å². The van der Waals surface area contributed by atoms with Crippen LogP contribution in [0.15, 0.2) is 109 Å². The van der Waals surface area contributed by atoms with Crippen LogP contribution in [0.1, 0.15) is 5.56 Å². The molecule has 1 aromatic heterocycles. The van der Waals surface area contributed by atoms with Crippen LogP contribution in [0, 0.1) is 6.92 Å². The SMILES string of the molecule is Cc1ccc(-c2ccc(-n3c4ccccc4c4cc5ccccc5cc43)cc2)cc1. The molecular formula is C29H21N. The van der Waals surface area contributed by atoms with Gasteiger partial charge in [0.2, 0.25) is 0 Å². The molecule has 0 saturated heterocycles. The Morgan fingerprint density at radius 1 is 0.500 bits per heavy atom. The number of fused-ring (bicyclic) bond motifs is 4. The maximum atomic E-state index is 2.38. The molecule has 0 fully saturated rings. The summed E-state index contributed by atoms with van der Waals surface area (Å²) in [6.07, 6.45) is 0. The zero-order chi connectivity index (χ0) is 20.1. The zero-order valence-electron chi connectivity index (χ0n) is 16.8. The van der Waals surface area contributed by atoms with Crippen molar-refractivity contribution in [2.45, 2.75) is 6.92 Å². The third-order valence-electron chi connectivity index (χ3n) is 6.05. The summed E-state index contributed by atoms with van der Waals surface area (Å²) >= 11 is 0. The van der Waals surface area contributed by atoms with Gasteiger partial charge in [0, 0.05) is 16.5 Å². The minimum absolute atomic E-state index is 1.19. The molecule has 0 unspecified atom stereocenters. The predicted octanol–water partition coefficient (Wildman–Crippen LogP) is 7.91. The molecule has 0 saturated carbocycles. The van der Waals surface area contributed by atoms with Crippen molar-refractivity contribution in [3.63, 3.8) is 0 Å². The Hall–Kier alpha value is -3.84. The molecule has 0 aliphatic heterocycles. The zero-order valence-corrected chi connectivity index (χ0v) is 16.8. The molecule has 0 atom stereocenters. The van der Waals surface area contributed by atoms with Crippen LogP contribution >= 0.6 is 0 Å². The lowest BCUT2D eigenvalue weighted by Gasteiger charge is -2.10. The van der Waals surface area contributed by atoms with Crippen LogP contribution in [-0.4, -0.2) is 4.57 Å². The van der Waals surface area contributed by atoms with Gasteiger partial charge in [-0.15, -0.1) is 0 Å². The highest BCUT2D eigenvalue weighted by Crippen LogP contribution is 2.35. The van der Waals surface area contributed by atoms with E-state index >= 15 is 0 Å². The first kappa shape index (κ1) is 17.1. The molecule has 0 N–H and O–H groups in total. The molecule has 1 heterocycles. The van der Waals surface area contributed by atoms with E-state index in [9.17, 15) is 0 Å². The minimum atomic E-state index is 1.19. The number of benzene rings is 5. The Balaban J connectivity index is 1.59.